The first-order chi connectivity index (χ1) is 14.5. The molecule has 0 fully saturated rings. The van der Waals surface area contributed by atoms with Gasteiger partial charge in [-0.05, 0) is 42.0 Å². The number of nitrogens with zero attached hydrogens (tertiary/aromatic N) is 2. The standard InChI is InChI=1S/C22H16ClF2N3O2/c23-19-8-14(16-9-26-12-27-10-16)5-15-7-18(30-22(15)19)11-28-21(29)4-1-13-6-17(24)2-3-20(13)25/h1-6,8-10,12,18H,7,11H2,(H,28,29)/b4-1+/t18-/m1/s1. The van der Waals surface area contributed by atoms with Crippen molar-refractivity contribution in [1.29, 1.82) is 0 Å². The highest BCUT2D eigenvalue weighted by Crippen LogP contribution is 2.39. The number of aromatic nitrogens is 2. The highest BCUT2D eigenvalue weighted by atomic mass is 35.5. The molecule has 1 N–H and O–H groups in total. The van der Waals surface area contributed by atoms with Gasteiger partial charge in [0, 0.05) is 41.6 Å². The molecule has 0 radical (unpaired) electrons. The van der Waals surface area contributed by atoms with Gasteiger partial charge in [-0.15, -0.1) is 0 Å². The van der Waals surface area contributed by atoms with E-state index in [1.807, 2.05) is 6.07 Å². The highest BCUT2D eigenvalue weighted by molar-refractivity contribution is 6.32. The lowest BCUT2D eigenvalue weighted by molar-refractivity contribution is -0.116. The van der Waals surface area contributed by atoms with E-state index in [0.29, 0.717) is 17.2 Å². The van der Waals surface area contributed by atoms with Gasteiger partial charge in [0.2, 0.25) is 5.91 Å². The van der Waals surface area contributed by atoms with Gasteiger partial charge in [0.05, 0.1) is 11.6 Å². The fourth-order valence-corrected chi connectivity index (χ4v) is 3.48. The van der Waals surface area contributed by atoms with Crippen LogP contribution < -0.4 is 10.1 Å². The van der Waals surface area contributed by atoms with Gasteiger partial charge in [-0.2, -0.15) is 0 Å². The monoisotopic (exact) mass is 427 g/mol. The highest BCUT2D eigenvalue weighted by Gasteiger charge is 2.26. The molecule has 4 rings (SSSR count). The molecule has 1 aliphatic heterocycles. The molecule has 1 atom stereocenters. The van der Waals surface area contributed by atoms with Crippen LogP contribution in [-0.2, 0) is 11.2 Å². The lowest BCUT2D eigenvalue weighted by Gasteiger charge is -2.11. The first kappa shape index (κ1) is 20.0. The van der Waals surface area contributed by atoms with E-state index in [1.165, 1.54) is 12.4 Å². The zero-order chi connectivity index (χ0) is 21.1. The third-order valence-corrected chi connectivity index (χ3v) is 4.90. The second kappa shape index (κ2) is 8.59. The summed E-state index contributed by atoms with van der Waals surface area (Å²) in [6.07, 6.45) is 7.52. The van der Waals surface area contributed by atoms with Gasteiger partial charge in [0.15, 0.2) is 0 Å². The fourth-order valence-electron chi connectivity index (χ4n) is 3.20. The van der Waals surface area contributed by atoms with E-state index >= 15 is 0 Å². The third kappa shape index (κ3) is 4.46. The Balaban J connectivity index is 1.38. The Bertz CT molecular complexity index is 1120. The first-order valence-electron chi connectivity index (χ1n) is 9.15. The number of hydrogen-bond donors (Lipinski definition) is 1. The van der Waals surface area contributed by atoms with Crippen LogP contribution in [0, 0.1) is 11.6 Å². The Morgan fingerprint density at radius 1 is 1.20 bits per heavy atom. The van der Waals surface area contributed by atoms with Crippen LogP contribution in [0.25, 0.3) is 17.2 Å². The number of ether oxygens (including phenoxy) is 1. The molecule has 0 spiro atoms. The van der Waals surface area contributed by atoms with E-state index in [1.54, 1.807) is 18.5 Å². The molecule has 0 bridgehead atoms. The van der Waals surface area contributed by atoms with Crippen molar-refractivity contribution >= 4 is 23.6 Å². The van der Waals surface area contributed by atoms with Gasteiger partial charge in [0.1, 0.15) is 29.8 Å². The minimum absolute atomic E-state index is 0.00104. The van der Waals surface area contributed by atoms with Gasteiger partial charge >= 0.3 is 0 Å². The molecule has 3 aromatic rings. The SMILES string of the molecule is O=C(/C=C/c1cc(F)ccc1F)NC[C@H]1Cc2cc(-c3cncnc3)cc(Cl)c2O1. The van der Waals surface area contributed by atoms with Crippen molar-refractivity contribution in [2.45, 2.75) is 12.5 Å². The van der Waals surface area contributed by atoms with Crippen molar-refractivity contribution in [3.63, 3.8) is 0 Å². The Morgan fingerprint density at radius 3 is 2.80 bits per heavy atom. The molecule has 8 heteroatoms. The average Bonchev–Trinajstić information content (AvgIpc) is 3.17. The van der Waals surface area contributed by atoms with Crippen LogP contribution in [0.5, 0.6) is 5.75 Å². The van der Waals surface area contributed by atoms with E-state index in [2.05, 4.69) is 15.3 Å². The maximum atomic E-state index is 13.6. The molecular formula is C22H16ClF2N3O2. The van der Waals surface area contributed by atoms with Crippen LogP contribution in [0.4, 0.5) is 8.78 Å². The Hall–Kier alpha value is -3.32. The minimum Gasteiger partial charge on any atom is -0.486 e. The Labute approximate surface area is 176 Å². The fraction of sp³-hybridized carbons (Fsp3) is 0.136. The van der Waals surface area contributed by atoms with Gasteiger partial charge in [-0.3, -0.25) is 4.79 Å². The quantitative estimate of drug-likeness (QED) is 0.619. The molecule has 1 amide bonds. The summed E-state index contributed by atoms with van der Waals surface area (Å²) in [6.45, 7) is 0.240. The number of rotatable bonds is 5. The third-order valence-electron chi connectivity index (χ3n) is 4.62. The number of carbonyl (C=O) groups is 1. The van der Waals surface area contributed by atoms with E-state index in [9.17, 15) is 13.6 Å². The van der Waals surface area contributed by atoms with Crippen molar-refractivity contribution in [3.05, 3.63) is 82.9 Å². The van der Waals surface area contributed by atoms with Crippen molar-refractivity contribution in [2.24, 2.45) is 0 Å². The van der Waals surface area contributed by atoms with E-state index < -0.39 is 17.5 Å². The number of carbonyl (C=O) groups excluding carboxylic acids is 1. The molecule has 5 nitrogen and oxygen atoms in total. The molecule has 2 heterocycles. The minimum atomic E-state index is -0.607. The van der Waals surface area contributed by atoms with E-state index in [0.717, 1.165) is 41.0 Å². The maximum Gasteiger partial charge on any atom is 0.244 e. The van der Waals surface area contributed by atoms with Crippen LogP contribution >= 0.6 is 11.6 Å². The molecule has 0 saturated carbocycles. The lowest BCUT2D eigenvalue weighted by Crippen LogP contribution is -2.33. The molecule has 0 aliphatic carbocycles. The molecule has 0 saturated heterocycles. The van der Waals surface area contributed by atoms with Crippen LogP contribution in [0.15, 0.2) is 55.1 Å². The van der Waals surface area contributed by atoms with Gasteiger partial charge in [0.25, 0.3) is 0 Å². The van der Waals surface area contributed by atoms with Gasteiger partial charge in [-0.1, -0.05) is 11.6 Å². The largest absolute Gasteiger partial charge is 0.486 e. The molecule has 152 valence electrons. The van der Waals surface area contributed by atoms with E-state index in [4.69, 9.17) is 16.3 Å². The molecule has 0 unspecified atom stereocenters. The Morgan fingerprint density at radius 2 is 2.00 bits per heavy atom. The van der Waals surface area contributed by atoms with Crippen molar-refractivity contribution in [2.75, 3.05) is 6.54 Å². The topological polar surface area (TPSA) is 64.1 Å². The second-order valence-corrected chi connectivity index (χ2v) is 7.17. The van der Waals surface area contributed by atoms with Crippen LogP contribution in [0.2, 0.25) is 5.02 Å². The normalized spacial score (nSPS) is 15.1. The number of nitrogens with one attached hydrogen (secondary N) is 1. The van der Waals surface area contributed by atoms with Crippen molar-refractivity contribution in [3.8, 4) is 16.9 Å². The second-order valence-electron chi connectivity index (χ2n) is 6.76. The number of benzene rings is 2. The predicted octanol–water partition coefficient (Wildman–Crippen LogP) is 4.21. The summed E-state index contributed by atoms with van der Waals surface area (Å²) < 4.78 is 32.7. The smallest absolute Gasteiger partial charge is 0.244 e. The summed E-state index contributed by atoms with van der Waals surface area (Å²) in [5.74, 6) is -1.03. The number of hydrogen-bond acceptors (Lipinski definition) is 4. The van der Waals surface area contributed by atoms with Crippen molar-refractivity contribution in [1.82, 2.24) is 15.3 Å². The molecule has 1 aromatic heterocycles. The van der Waals surface area contributed by atoms with E-state index in [-0.39, 0.29) is 18.2 Å². The summed E-state index contributed by atoms with van der Waals surface area (Å²) in [7, 11) is 0. The average molecular weight is 428 g/mol. The zero-order valence-corrected chi connectivity index (χ0v) is 16.4. The number of amides is 1. The van der Waals surface area contributed by atoms with Crippen LogP contribution in [0.1, 0.15) is 11.1 Å². The molecule has 30 heavy (non-hydrogen) atoms. The Kier molecular flexibility index (Phi) is 5.72. The summed E-state index contributed by atoms with van der Waals surface area (Å²) >= 11 is 6.37. The summed E-state index contributed by atoms with van der Waals surface area (Å²) in [4.78, 5) is 20.1. The maximum absolute atomic E-state index is 13.6. The van der Waals surface area contributed by atoms with Crippen LogP contribution in [0.3, 0.4) is 0 Å². The lowest BCUT2D eigenvalue weighted by atomic mass is 10.0. The number of fused-ring (bicyclic) bond motifs is 1. The van der Waals surface area contributed by atoms with Gasteiger partial charge in [-0.25, -0.2) is 18.7 Å². The zero-order valence-electron chi connectivity index (χ0n) is 15.6. The molecule has 1 aliphatic rings. The summed E-state index contributed by atoms with van der Waals surface area (Å²) in [5.41, 5.74) is 2.65. The van der Waals surface area contributed by atoms with Crippen LogP contribution in [-0.4, -0.2) is 28.5 Å². The summed E-state index contributed by atoms with van der Waals surface area (Å²) in [5, 5.41) is 3.17. The summed E-state index contributed by atoms with van der Waals surface area (Å²) in [6, 6.07) is 6.80. The molecular weight excluding hydrogens is 412 g/mol. The number of halogens is 3. The molecule has 2 aromatic carbocycles. The predicted molar refractivity (Wildman–Crippen MR) is 109 cm³/mol. The first-order valence-corrected chi connectivity index (χ1v) is 9.53. The van der Waals surface area contributed by atoms with Gasteiger partial charge < -0.3 is 10.1 Å². The van der Waals surface area contributed by atoms with Crippen molar-refractivity contribution < 1.29 is 18.3 Å².